The molecule has 0 amide bonds. The van der Waals surface area contributed by atoms with E-state index < -0.39 is 0 Å². The number of benzene rings is 2. The maximum atomic E-state index is 12.7. The highest BCUT2D eigenvalue weighted by molar-refractivity contribution is 5.76. The first-order valence-electron chi connectivity index (χ1n) is 10.7. The third-order valence-electron chi connectivity index (χ3n) is 6.84. The molecule has 2 saturated heterocycles. The minimum absolute atomic E-state index is 0.185. The summed E-state index contributed by atoms with van der Waals surface area (Å²) in [5.41, 5.74) is 1.59. The van der Waals surface area contributed by atoms with Crippen LogP contribution < -0.4 is 11.2 Å². The zero-order chi connectivity index (χ0) is 19.8. The third kappa shape index (κ3) is 3.44. The molecule has 2 aliphatic heterocycles. The van der Waals surface area contributed by atoms with E-state index in [2.05, 4.69) is 40.2 Å². The van der Waals surface area contributed by atoms with Crippen LogP contribution in [0.25, 0.3) is 10.9 Å². The lowest BCUT2D eigenvalue weighted by atomic mass is 9.85. The molecule has 3 heterocycles. The molecule has 5 heteroatoms. The molecule has 3 aromatic rings. The van der Waals surface area contributed by atoms with Crippen molar-refractivity contribution in [1.29, 1.82) is 0 Å². The van der Waals surface area contributed by atoms with Crippen molar-refractivity contribution in [2.24, 2.45) is 0 Å². The molecule has 2 atom stereocenters. The van der Waals surface area contributed by atoms with Crippen LogP contribution in [-0.4, -0.2) is 33.1 Å². The summed E-state index contributed by atoms with van der Waals surface area (Å²) in [5.74, 6) is 0.663. The first-order chi connectivity index (χ1) is 14.2. The van der Waals surface area contributed by atoms with Crippen molar-refractivity contribution in [2.75, 3.05) is 6.54 Å². The number of para-hydroxylation sites is 1. The predicted molar refractivity (Wildman–Crippen MR) is 115 cm³/mol. The Morgan fingerprint density at radius 3 is 2.31 bits per heavy atom. The molecule has 0 saturated carbocycles. The molecule has 0 spiro atoms. The molecule has 1 aromatic heterocycles. The fraction of sp³-hybridized carbons (Fsp3) is 0.417. The molecule has 2 bridgehead atoms. The van der Waals surface area contributed by atoms with Gasteiger partial charge in [0.2, 0.25) is 0 Å². The number of rotatable bonds is 5. The van der Waals surface area contributed by atoms with Gasteiger partial charge in [0.25, 0.3) is 5.56 Å². The van der Waals surface area contributed by atoms with E-state index in [9.17, 15) is 9.59 Å². The maximum absolute atomic E-state index is 12.7. The molecule has 2 aliphatic rings. The molecule has 0 radical (unpaired) electrons. The Bertz CT molecular complexity index is 1100. The fourth-order valence-corrected chi connectivity index (χ4v) is 5.45. The minimum atomic E-state index is -0.306. The van der Waals surface area contributed by atoms with Crippen LogP contribution in [0.2, 0.25) is 0 Å². The molecule has 1 N–H and O–H groups in total. The van der Waals surface area contributed by atoms with Gasteiger partial charge in [-0.1, -0.05) is 42.5 Å². The molecule has 2 fully saturated rings. The van der Waals surface area contributed by atoms with E-state index in [4.69, 9.17) is 0 Å². The number of aromatic nitrogens is 2. The van der Waals surface area contributed by atoms with Gasteiger partial charge in [-0.25, -0.2) is 4.79 Å². The van der Waals surface area contributed by atoms with Crippen molar-refractivity contribution >= 4 is 10.9 Å². The van der Waals surface area contributed by atoms with Gasteiger partial charge < -0.3 is 4.98 Å². The van der Waals surface area contributed by atoms with Crippen LogP contribution in [0, 0.1) is 0 Å². The number of hydrogen-bond donors (Lipinski definition) is 1. The van der Waals surface area contributed by atoms with E-state index in [-0.39, 0.29) is 11.2 Å². The molecule has 5 rings (SSSR count). The van der Waals surface area contributed by atoms with Crippen molar-refractivity contribution in [2.45, 2.75) is 56.7 Å². The highest BCUT2D eigenvalue weighted by Gasteiger charge is 2.40. The maximum Gasteiger partial charge on any atom is 0.328 e. The van der Waals surface area contributed by atoms with Crippen LogP contribution in [0.3, 0.4) is 0 Å². The highest BCUT2D eigenvalue weighted by Crippen LogP contribution is 2.42. The molecule has 29 heavy (non-hydrogen) atoms. The number of hydrogen-bond acceptors (Lipinski definition) is 3. The number of fused-ring (bicyclic) bond motifs is 3. The van der Waals surface area contributed by atoms with Gasteiger partial charge in [0, 0.05) is 25.2 Å². The summed E-state index contributed by atoms with van der Waals surface area (Å²) in [6, 6.07) is 19.4. The van der Waals surface area contributed by atoms with Crippen LogP contribution in [0.15, 0.2) is 64.2 Å². The summed E-state index contributed by atoms with van der Waals surface area (Å²) in [5, 5.41) is 0.579. The SMILES string of the molecule is O=c1[nH]c2ccccc2c(=O)n1CCCN1C2CCC1CC(c1ccccc1)C2. The second kappa shape index (κ2) is 7.64. The van der Waals surface area contributed by atoms with E-state index >= 15 is 0 Å². The van der Waals surface area contributed by atoms with Gasteiger partial charge in [0.1, 0.15) is 0 Å². The average Bonchev–Trinajstić information content (AvgIpc) is 2.98. The highest BCUT2D eigenvalue weighted by atomic mass is 16.2. The average molecular weight is 389 g/mol. The van der Waals surface area contributed by atoms with Crippen LogP contribution in [-0.2, 0) is 6.54 Å². The monoisotopic (exact) mass is 389 g/mol. The normalized spacial score (nSPS) is 24.2. The Labute approximate surface area is 170 Å². The molecular weight excluding hydrogens is 362 g/mol. The Balaban J connectivity index is 1.26. The van der Waals surface area contributed by atoms with Crippen molar-refractivity contribution in [3.8, 4) is 0 Å². The van der Waals surface area contributed by atoms with Crippen LogP contribution in [0.1, 0.15) is 43.6 Å². The van der Waals surface area contributed by atoms with Crippen LogP contribution >= 0.6 is 0 Å². The van der Waals surface area contributed by atoms with Crippen molar-refractivity contribution in [1.82, 2.24) is 14.5 Å². The van der Waals surface area contributed by atoms with Crippen LogP contribution in [0.4, 0.5) is 0 Å². The topological polar surface area (TPSA) is 58.1 Å². The number of nitrogens with zero attached hydrogens (tertiary/aromatic N) is 2. The van der Waals surface area contributed by atoms with Gasteiger partial charge in [-0.2, -0.15) is 0 Å². The zero-order valence-electron chi connectivity index (χ0n) is 16.6. The summed E-state index contributed by atoms with van der Waals surface area (Å²) in [6.07, 6.45) is 5.80. The Morgan fingerprint density at radius 2 is 1.55 bits per heavy atom. The van der Waals surface area contributed by atoms with E-state index in [0.717, 1.165) is 13.0 Å². The molecule has 0 aliphatic carbocycles. The van der Waals surface area contributed by atoms with E-state index in [1.165, 1.54) is 35.8 Å². The van der Waals surface area contributed by atoms with E-state index in [0.29, 0.717) is 35.4 Å². The lowest BCUT2D eigenvalue weighted by Crippen LogP contribution is -2.43. The molecule has 5 nitrogen and oxygen atoms in total. The summed E-state index contributed by atoms with van der Waals surface area (Å²) < 4.78 is 1.36. The largest absolute Gasteiger partial charge is 0.328 e. The first-order valence-corrected chi connectivity index (χ1v) is 10.7. The molecular formula is C24H27N3O2. The van der Waals surface area contributed by atoms with Crippen LogP contribution in [0.5, 0.6) is 0 Å². The summed E-state index contributed by atoms with van der Waals surface area (Å²) in [4.78, 5) is 30.5. The molecule has 2 unspecified atom stereocenters. The van der Waals surface area contributed by atoms with Gasteiger partial charge >= 0.3 is 5.69 Å². The van der Waals surface area contributed by atoms with E-state index in [1.54, 1.807) is 12.1 Å². The van der Waals surface area contributed by atoms with Gasteiger partial charge in [0.05, 0.1) is 10.9 Å². The second-order valence-electron chi connectivity index (χ2n) is 8.49. The summed E-state index contributed by atoms with van der Waals surface area (Å²) in [6.45, 7) is 1.42. The van der Waals surface area contributed by atoms with Crippen molar-refractivity contribution < 1.29 is 0 Å². The summed E-state index contributed by atoms with van der Waals surface area (Å²) in [7, 11) is 0. The minimum Gasteiger partial charge on any atom is -0.307 e. The standard InChI is InChI=1S/C24H27N3O2/c28-23-21-9-4-5-10-22(21)25-24(29)27(23)14-6-13-26-19-11-12-20(26)16-18(15-19)17-7-2-1-3-8-17/h1-5,7-10,18-20H,6,11-16H2,(H,25,29). The Kier molecular flexibility index (Phi) is 4.84. The number of piperidine rings is 1. The van der Waals surface area contributed by atoms with Gasteiger partial charge in [-0.3, -0.25) is 14.3 Å². The number of nitrogens with one attached hydrogen (secondary N) is 1. The molecule has 2 aromatic carbocycles. The van der Waals surface area contributed by atoms with Crippen molar-refractivity contribution in [3.63, 3.8) is 0 Å². The van der Waals surface area contributed by atoms with Crippen molar-refractivity contribution in [3.05, 3.63) is 81.0 Å². The second-order valence-corrected chi connectivity index (χ2v) is 8.49. The Hall–Kier alpha value is -2.66. The number of aromatic amines is 1. The quantitative estimate of drug-likeness (QED) is 0.727. The Morgan fingerprint density at radius 1 is 0.862 bits per heavy atom. The molecule has 150 valence electrons. The lowest BCUT2D eigenvalue weighted by molar-refractivity contribution is 0.123. The predicted octanol–water partition coefficient (Wildman–Crippen LogP) is 3.49. The summed E-state index contributed by atoms with van der Waals surface area (Å²) >= 11 is 0. The third-order valence-corrected chi connectivity index (χ3v) is 6.84. The lowest BCUT2D eigenvalue weighted by Gasteiger charge is -2.39. The van der Waals surface area contributed by atoms with Gasteiger partial charge in [0.15, 0.2) is 0 Å². The smallest absolute Gasteiger partial charge is 0.307 e. The fourth-order valence-electron chi connectivity index (χ4n) is 5.45. The zero-order valence-corrected chi connectivity index (χ0v) is 16.6. The van der Waals surface area contributed by atoms with E-state index in [1.807, 2.05) is 12.1 Å². The van der Waals surface area contributed by atoms with Gasteiger partial charge in [-0.15, -0.1) is 0 Å². The number of H-pyrrole nitrogens is 1. The first kappa shape index (κ1) is 18.4. The van der Waals surface area contributed by atoms with Gasteiger partial charge in [-0.05, 0) is 55.7 Å².